The number of rotatable bonds is 7. The van der Waals surface area contributed by atoms with Crippen LogP contribution in [0.25, 0.3) is 0 Å². The Kier molecular flexibility index (Phi) is 10.9. The molecule has 1 aliphatic heterocycles. The molecule has 142 valence electrons. The molecule has 1 aromatic rings. The Balaban J connectivity index is 0.00000312. The third-order valence-electron chi connectivity index (χ3n) is 4.28. The third-order valence-corrected chi connectivity index (χ3v) is 4.77. The standard InChI is InChI=1S/C18H27BrFN3O.HI/c1-3-24-13-14-8-10-23(12-14)18(21-2)22-9-4-5-15-6-7-16(19)11-17(15)20;/h6-7,11,14H,3-5,8-10,12-13H2,1-2H3,(H,21,22);1H. The molecule has 0 saturated carbocycles. The maximum atomic E-state index is 13.8. The Labute approximate surface area is 175 Å². The summed E-state index contributed by atoms with van der Waals surface area (Å²) in [6.45, 7) is 6.42. The van der Waals surface area contributed by atoms with Crippen LogP contribution >= 0.6 is 39.9 Å². The lowest BCUT2D eigenvalue weighted by Crippen LogP contribution is -2.40. The lowest BCUT2D eigenvalue weighted by Gasteiger charge is -2.21. The lowest BCUT2D eigenvalue weighted by molar-refractivity contribution is 0.114. The Morgan fingerprint density at radius 2 is 2.28 bits per heavy atom. The second-order valence-corrected chi connectivity index (χ2v) is 6.99. The minimum atomic E-state index is -0.146. The van der Waals surface area contributed by atoms with Crippen molar-refractivity contribution in [2.45, 2.75) is 26.2 Å². The summed E-state index contributed by atoms with van der Waals surface area (Å²) in [6, 6.07) is 5.24. The summed E-state index contributed by atoms with van der Waals surface area (Å²) in [5, 5.41) is 3.39. The number of hydrogen-bond acceptors (Lipinski definition) is 2. The molecule has 0 aliphatic carbocycles. The van der Waals surface area contributed by atoms with Gasteiger partial charge in [-0.25, -0.2) is 4.39 Å². The number of likely N-dealkylation sites (tertiary alicyclic amines) is 1. The number of ether oxygens (including phenoxy) is 1. The highest BCUT2D eigenvalue weighted by Gasteiger charge is 2.24. The van der Waals surface area contributed by atoms with Crippen LogP contribution in [0.3, 0.4) is 0 Å². The molecule has 0 amide bonds. The van der Waals surface area contributed by atoms with Gasteiger partial charge in [-0.3, -0.25) is 4.99 Å². The van der Waals surface area contributed by atoms with Gasteiger partial charge in [0.05, 0.1) is 6.61 Å². The normalized spacial score (nSPS) is 17.5. The fraction of sp³-hybridized carbons (Fsp3) is 0.611. The van der Waals surface area contributed by atoms with E-state index >= 15 is 0 Å². The number of aliphatic imine (C=N–C) groups is 1. The summed E-state index contributed by atoms with van der Waals surface area (Å²) >= 11 is 3.28. The second kappa shape index (κ2) is 12.1. The van der Waals surface area contributed by atoms with E-state index in [1.54, 1.807) is 0 Å². The molecule has 25 heavy (non-hydrogen) atoms. The van der Waals surface area contributed by atoms with E-state index in [1.807, 2.05) is 26.1 Å². The van der Waals surface area contributed by atoms with E-state index in [0.717, 1.165) is 68.1 Å². The molecule has 1 saturated heterocycles. The van der Waals surface area contributed by atoms with Crippen molar-refractivity contribution in [3.63, 3.8) is 0 Å². The van der Waals surface area contributed by atoms with Gasteiger partial charge in [-0.15, -0.1) is 24.0 Å². The Hall–Kier alpha value is -0.410. The van der Waals surface area contributed by atoms with Gasteiger partial charge >= 0.3 is 0 Å². The first-order valence-electron chi connectivity index (χ1n) is 8.61. The van der Waals surface area contributed by atoms with Crippen LogP contribution in [0, 0.1) is 11.7 Å². The van der Waals surface area contributed by atoms with E-state index in [9.17, 15) is 4.39 Å². The fourth-order valence-corrected chi connectivity index (χ4v) is 3.31. The smallest absolute Gasteiger partial charge is 0.193 e. The zero-order valence-electron chi connectivity index (χ0n) is 14.9. The minimum Gasteiger partial charge on any atom is -0.381 e. The van der Waals surface area contributed by atoms with Gasteiger partial charge in [0, 0.05) is 43.7 Å². The van der Waals surface area contributed by atoms with Gasteiger partial charge in [-0.2, -0.15) is 0 Å². The Bertz CT molecular complexity index is 559. The predicted molar refractivity (Wildman–Crippen MR) is 115 cm³/mol. The summed E-state index contributed by atoms with van der Waals surface area (Å²) in [5.41, 5.74) is 0.757. The van der Waals surface area contributed by atoms with Crippen molar-refractivity contribution in [3.8, 4) is 0 Å². The van der Waals surface area contributed by atoms with Gasteiger partial charge in [0.1, 0.15) is 5.82 Å². The SMILES string of the molecule is CCOCC1CCN(C(=NC)NCCCc2ccc(Br)cc2F)C1.I. The van der Waals surface area contributed by atoms with Crippen LogP contribution in [0.4, 0.5) is 4.39 Å². The second-order valence-electron chi connectivity index (χ2n) is 6.07. The van der Waals surface area contributed by atoms with E-state index in [-0.39, 0.29) is 29.8 Å². The molecule has 1 N–H and O–H groups in total. The lowest BCUT2D eigenvalue weighted by atomic mass is 10.1. The molecular formula is C18H28BrFIN3O. The van der Waals surface area contributed by atoms with Crippen LogP contribution < -0.4 is 5.32 Å². The van der Waals surface area contributed by atoms with Gasteiger partial charge < -0.3 is 15.0 Å². The van der Waals surface area contributed by atoms with Crippen molar-refractivity contribution in [3.05, 3.63) is 34.1 Å². The summed E-state index contributed by atoms with van der Waals surface area (Å²) < 4.78 is 20.1. The topological polar surface area (TPSA) is 36.9 Å². The highest BCUT2D eigenvalue weighted by atomic mass is 127. The zero-order chi connectivity index (χ0) is 17.4. The van der Waals surface area contributed by atoms with Gasteiger partial charge in [0.15, 0.2) is 5.96 Å². The Morgan fingerprint density at radius 1 is 1.48 bits per heavy atom. The number of benzene rings is 1. The first-order chi connectivity index (χ1) is 11.6. The van der Waals surface area contributed by atoms with Gasteiger partial charge in [0.2, 0.25) is 0 Å². The maximum Gasteiger partial charge on any atom is 0.193 e. The van der Waals surface area contributed by atoms with E-state index < -0.39 is 0 Å². The molecule has 7 heteroatoms. The molecule has 1 unspecified atom stereocenters. The molecule has 2 rings (SSSR count). The van der Waals surface area contributed by atoms with E-state index in [4.69, 9.17) is 4.74 Å². The zero-order valence-corrected chi connectivity index (χ0v) is 18.8. The monoisotopic (exact) mass is 527 g/mol. The van der Waals surface area contributed by atoms with Crippen LogP contribution in [-0.4, -0.2) is 50.8 Å². The van der Waals surface area contributed by atoms with Crippen molar-refractivity contribution in [1.29, 1.82) is 0 Å². The quantitative estimate of drug-likeness (QED) is 0.251. The maximum absolute atomic E-state index is 13.8. The molecule has 1 aliphatic rings. The van der Waals surface area contributed by atoms with Crippen molar-refractivity contribution in [2.24, 2.45) is 10.9 Å². The predicted octanol–water partition coefficient (Wildman–Crippen LogP) is 4.07. The number of halogens is 3. The first-order valence-corrected chi connectivity index (χ1v) is 9.40. The largest absolute Gasteiger partial charge is 0.381 e. The average molecular weight is 528 g/mol. The number of nitrogens with zero attached hydrogens (tertiary/aromatic N) is 2. The first kappa shape index (κ1) is 22.6. The molecule has 1 heterocycles. The van der Waals surface area contributed by atoms with Gasteiger partial charge in [-0.1, -0.05) is 22.0 Å². The van der Waals surface area contributed by atoms with Crippen molar-refractivity contribution >= 4 is 45.9 Å². The number of nitrogens with one attached hydrogen (secondary N) is 1. The molecular weight excluding hydrogens is 500 g/mol. The fourth-order valence-electron chi connectivity index (χ4n) is 2.98. The van der Waals surface area contributed by atoms with Crippen LogP contribution in [0.2, 0.25) is 0 Å². The van der Waals surface area contributed by atoms with Crippen LogP contribution in [-0.2, 0) is 11.2 Å². The molecule has 1 aromatic carbocycles. The minimum absolute atomic E-state index is 0. The third kappa shape index (κ3) is 7.38. The van der Waals surface area contributed by atoms with Crippen LogP contribution in [0.5, 0.6) is 0 Å². The Morgan fingerprint density at radius 3 is 2.96 bits per heavy atom. The molecule has 0 radical (unpaired) electrons. The van der Waals surface area contributed by atoms with E-state index in [1.165, 1.54) is 6.07 Å². The average Bonchev–Trinajstić information content (AvgIpc) is 3.03. The van der Waals surface area contributed by atoms with Crippen molar-refractivity contribution in [2.75, 3.05) is 39.9 Å². The summed E-state index contributed by atoms with van der Waals surface area (Å²) in [5.74, 6) is 1.37. The number of aryl methyl sites for hydroxylation is 1. The number of guanidine groups is 1. The van der Waals surface area contributed by atoms with E-state index in [0.29, 0.717) is 5.92 Å². The highest BCUT2D eigenvalue weighted by Crippen LogP contribution is 2.17. The molecule has 1 atom stereocenters. The van der Waals surface area contributed by atoms with Crippen LogP contribution in [0.15, 0.2) is 27.7 Å². The molecule has 0 aromatic heterocycles. The van der Waals surface area contributed by atoms with Crippen molar-refractivity contribution in [1.82, 2.24) is 10.2 Å². The number of hydrogen-bond donors (Lipinski definition) is 1. The molecule has 0 spiro atoms. The van der Waals surface area contributed by atoms with Crippen molar-refractivity contribution < 1.29 is 9.13 Å². The van der Waals surface area contributed by atoms with Crippen LogP contribution in [0.1, 0.15) is 25.3 Å². The van der Waals surface area contributed by atoms with Gasteiger partial charge in [0.25, 0.3) is 0 Å². The molecule has 4 nitrogen and oxygen atoms in total. The highest BCUT2D eigenvalue weighted by molar-refractivity contribution is 14.0. The molecule has 0 bridgehead atoms. The van der Waals surface area contributed by atoms with E-state index in [2.05, 4.69) is 31.1 Å². The van der Waals surface area contributed by atoms with Gasteiger partial charge in [-0.05, 0) is 43.9 Å². The summed E-state index contributed by atoms with van der Waals surface area (Å²) in [6.07, 6.45) is 2.73. The molecule has 1 fully saturated rings. The summed E-state index contributed by atoms with van der Waals surface area (Å²) in [7, 11) is 1.81. The summed E-state index contributed by atoms with van der Waals surface area (Å²) in [4.78, 5) is 6.65.